The maximum Gasteiger partial charge on any atom is 0.272 e. The van der Waals surface area contributed by atoms with Crippen LogP contribution in [-0.2, 0) is 9.53 Å². The summed E-state index contributed by atoms with van der Waals surface area (Å²) in [5.41, 5.74) is 2.48. The number of nitrogens with one attached hydrogen (secondary N) is 1. The SMILES string of the molecule is COCCN1C[C@@H](c2cc(=O)n3[nH]c(-c4ccc(OC)c(OC)c4)cc3n2)CC1=O. The van der Waals surface area contributed by atoms with Crippen LogP contribution in [0.15, 0.2) is 35.1 Å². The molecule has 9 heteroatoms. The van der Waals surface area contributed by atoms with Crippen LogP contribution in [0.2, 0.25) is 0 Å². The maximum atomic E-state index is 12.7. The molecule has 4 rings (SSSR count). The Kier molecular flexibility index (Phi) is 5.45. The van der Waals surface area contributed by atoms with E-state index in [1.807, 2.05) is 18.2 Å². The molecule has 3 heterocycles. The van der Waals surface area contributed by atoms with E-state index in [0.29, 0.717) is 49.0 Å². The van der Waals surface area contributed by atoms with E-state index in [1.165, 1.54) is 10.6 Å². The number of likely N-dealkylation sites (tertiary alicyclic amines) is 1. The van der Waals surface area contributed by atoms with Crippen LogP contribution >= 0.6 is 0 Å². The fraction of sp³-hybridized carbons (Fsp3) is 0.381. The van der Waals surface area contributed by atoms with E-state index in [1.54, 1.807) is 32.3 Å². The molecular formula is C21H24N4O5. The van der Waals surface area contributed by atoms with Gasteiger partial charge in [-0.2, -0.15) is 0 Å². The van der Waals surface area contributed by atoms with Crippen molar-refractivity contribution in [3.05, 3.63) is 46.4 Å². The highest BCUT2D eigenvalue weighted by molar-refractivity contribution is 5.79. The molecule has 1 amide bonds. The Morgan fingerprint density at radius 1 is 1.10 bits per heavy atom. The highest BCUT2D eigenvalue weighted by Gasteiger charge is 2.31. The molecule has 0 radical (unpaired) electrons. The molecule has 158 valence electrons. The number of hydrogen-bond acceptors (Lipinski definition) is 6. The number of hydrogen-bond donors (Lipinski definition) is 1. The van der Waals surface area contributed by atoms with Gasteiger partial charge in [-0.05, 0) is 18.2 Å². The van der Waals surface area contributed by atoms with Crippen molar-refractivity contribution in [2.75, 3.05) is 41.0 Å². The van der Waals surface area contributed by atoms with Crippen molar-refractivity contribution < 1.29 is 19.0 Å². The number of fused-ring (bicyclic) bond motifs is 1. The number of carbonyl (C=O) groups is 1. The van der Waals surface area contributed by atoms with E-state index < -0.39 is 0 Å². The second-order valence-corrected chi connectivity index (χ2v) is 7.19. The van der Waals surface area contributed by atoms with Gasteiger partial charge in [0, 0.05) is 50.2 Å². The van der Waals surface area contributed by atoms with Gasteiger partial charge in [0.1, 0.15) is 0 Å². The summed E-state index contributed by atoms with van der Waals surface area (Å²) in [5, 5.41) is 3.08. The first kappa shape index (κ1) is 20.0. The number of methoxy groups -OCH3 is 3. The van der Waals surface area contributed by atoms with Gasteiger partial charge in [-0.15, -0.1) is 0 Å². The molecule has 1 aliphatic heterocycles. The van der Waals surface area contributed by atoms with Gasteiger partial charge >= 0.3 is 0 Å². The van der Waals surface area contributed by atoms with Gasteiger partial charge < -0.3 is 19.1 Å². The molecule has 1 saturated heterocycles. The van der Waals surface area contributed by atoms with E-state index >= 15 is 0 Å². The normalized spacial score (nSPS) is 16.4. The van der Waals surface area contributed by atoms with E-state index in [2.05, 4.69) is 10.1 Å². The number of amides is 1. The van der Waals surface area contributed by atoms with Crippen LogP contribution in [0, 0.1) is 0 Å². The van der Waals surface area contributed by atoms with Crippen LogP contribution in [0.25, 0.3) is 16.9 Å². The predicted molar refractivity (Wildman–Crippen MR) is 110 cm³/mol. The number of aromatic nitrogens is 3. The van der Waals surface area contributed by atoms with Crippen LogP contribution in [0.1, 0.15) is 18.0 Å². The fourth-order valence-electron chi connectivity index (χ4n) is 3.76. The number of carbonyl (C=O) groups excluding carboxylic acids is 1. The molecule has 1 fully saturated rings. The lowest BCUT2D eigenvalue weighted by Crippen LogP contribution is -2.28. The minimum atomic E-state index is -0.218. The molecule has 3 aromatic rings. The highest BCUT2D eigenvalue weighted by Crippen LogP contribution is 2.32. The van der Waals surface area contributed by atoms with Gasteiger partial charge in [-0.1, -0.05) is 0 Å². The van der Waals surface area contributed by atoms with E-state index in [-0.39, 0.29) is 17.4 Å². The average Bonchev–Trinajstić information content (AvgIpc) is 3.35. The van der Waals surface area contributed by atoms with Gasteiger partial charge in [0.2, 0.25) is 5.91 Å². The number of ether oxygens (including phenoxy) is 3. The lowest BCUT2D eigenvalue weighted by atomic mass is 10.0. The summed E-state index contributed by atoms with van der Waals surface area (Å²) in [6.45, 7) is 1.57. The van der Waals surface area contributed by atoms with Crippen molar-refractivity contribution in [1.82, 2.24) is 19.5 Å². The summed E-state index contributed by atoms with van der Waals surface area (Å²) in [6, 6.07) is 8.82. The van der Waals surface area contributed by atoms with Crippen molar-refractivity contribution in [3.63, 3.8) is 0 Å². The number of rotatable bonds is 7. The summed E-state index contributed by atoms with van der Waals surface area (Å²) in [4.78, 5) is 31.3. The van der Waals surface area contributed by atoms with Gasteiger partial charge in [-0.3, -0.25) is 14.7 Å². The van der Waals surface area contributed by atoms with Crippen molar-refractivity contribution in [2.24, 2.45) is 0 Å². The van der Waals surface area contributed by atoms with Crippen LogP contribution in [0.5, 0.6) is 11.5 Å². The first-order valence-corrected chi connectivity index (χ1v) is 9.66. The topological polar surface area (TPSA) is 98.2 Å². The molecule has 1 atom stereocenters. The lowest BCUT2D eigenvalue weighted by molar-refractivity contribution is -0.128. The minimum Gasteiger partial charge on any atom is -0.493 e. The van der Waals surface area contributed by atoms with Gasteiger partial charge in [0.05, 0.1) is 32.2 Å². The first-order chi connectivity index (χ1) is 14.5. The molecule has 0 aliphatic carbocycles. The third kappa shape index (κ3) is 3.63. The zero-order valence-electron chi connectivity index (χ0n) is 17.2. The zero-order chi connectivity index (χ0) is 21.3. The van der Waals surface area contributed by atoms with Crippen LogP contribution in [0.4, 0.5) is 0 Å². The standard InChI is InChI=1S/C21H24N4O5/c1-28-7-6-24-12-14(9-20(24)26)15-11-21(27)25-19(22-15)10-16(23-25)13-4-5-17(29-2)18(8-13)30-3/h4-5,8,10-11,14,23H,6-7,9,12H2,1-3H3/t14-/m0/s1. The molecule has 1 aliphatic rings. The lowest BCUT2D eigenvalue weighted by Gasteiger charge is -2.15. The summed E-state index contributed by atoms with van der Waals surface area (Å²) in [7, 11) is 4.76. The maximum absolute atomic E-state index is 12.7. The monoisotopic (exact) mass is 412 g/mol. The molecule has 9 nitrogen and oxygen atoms in total. The average molecular weight is 412 g/mol. The highest BCUT2D eigenvalue weighted by atomic mass is 16.5. The third-order valence-electron chi connectivity index (χ3n) is 5.36. The molecule has 0 bridgehead atoms. The van der Waals surface area contributed by atoms with Crippen molar-refractivity contribution in [2.45, 2.75) is 12.3 Å². The second kappa shape index (κ2) is 8.19. The molecule has 0 saturated carbocycles. The number of nitrogens with zero attached hydrogens (tertiary/aromatic N) is 3. The smallest absolute Gasteiger partial charge is 0.272 e. The zero-order valence-corrected chi connectivity index (χ0v) is 17.2. The first-order valence-electron chi connectivity index (χ1n) is 9.66. The van der Waals surface area contributed by atoms with Crippen molar-refractivity contribution in [3.8, 4) is 22.8 Å². The van der Waals surface area contributed by atoms with Crippen molar-refractivity contribution in [1.29, 1.82) is 0 Å². The molecule has 1 N–H and O–H groups in total. The molecule has 30 heavy (non-hydrogen) atoms. The Bertz CT molecular complexity index is 1140. The summed E-state index contributed by atoms with van der Waals surface area (Å²) in [5.74, 6) is 1.17. The molecular weight excluding hydrogens is 388 g/mol. The summed E-state index contributed by atoms with van der Waals surface area (Å²) >= 11 is 0. The van der Waals surface area contributed by atoms with Gasteiger partial charge in [0.25, 0.3) is 5.56 Å². The Labute approximate surface area is 173 Å². The van der Waals surface area contributed by atoms with Crippen LogP contribution in [0.3, 0.4) is 0 Å². The van der Waals surface area contributed by atoms with E-state index in [0.717, 1.165) is 11.3 Å². The minimum absolute atomic E-state index is 0.0548. The van der Waals surface area contributed by atoms with E-state index in [9.17, 15) is 9.59 Å². The quantitative estimate of drug-likeness (QED) is 0.634. The Hall–Kier alpha value is -3.33. The summed E-state index contributed by atoms with van der Waals surface area (Å²) < 4.78 is 17.1. The molecule has 2 aromatic heterocycles. The number of aromatic amines is 1. The second-order valence-electron chi connectivity index (χ2n) is 7.19. The largest absolute Gasteiger partial charge is 0.493 e. The Balaban J connectivity index is 1.66. The van der Waals surface area contributed by atoms with Gasteiger partial charge in [0.15, 0.2) is 17.1 Å². The van der Waals surface area contributed by atoms with Crippen LogP contribution in [-0.4, -0.2) is 66.4 Å². The fourth-order valence-corrected chi connectivity index (χ4v) is 3.76. The van der Waals surface area contributed by atoms with Crippen LogP contribution < -0.4 is 15.0 Å². The van der Waals surface area contributed by atoms with Gasteiger partial charge in [-0.25, -0.2) is 9.50 Å². The predicted octanol–water partition coefficient (Wildman–Crippen LogP) is 1.67. The molecule has 0 spiro atoms. The van der Waals surface area contributed by atoms with E-state index in [4.69, 9.17) is 14.2 Å². The molecule has 1 aromatic carbocycles. The molecule has 0 unspecified atom stereocenters. The number of H-pyrrole nitrogens is 1. The van der Waals surface area contributed by atoms with Crippen molar-refractivity contribution >= 4 is 11.6 Å². The Morgan fingerprint density at radius 3 is 2.63 bits per heavy atom. The Morgan fingerprint density at radius 2 is 1.90 bits per heavy atom. The number of benzene rings is 1. The third-order valence-corrected chi connectivity index (χ3v) is 5.36. The summed E-state index contributed by atoms with van der Waals surface area (Å²) in [6.07, 6.45) is 0.347.